The molecule has 0 aliphatic rings. The lowest BCUT2D eigenvalue weighted by molar-refractivity contribution is -0.263. The van der Waals surface area contributed by atoms with Crippen molar-refractivity contribution in [3.8, 4) is 5.75 Å². The van der Waals surface area contributed by atoms with E-state index in [-0.39, 0.29) is 23.8 Å². The fourth-order valence-corrected chi connectivity index (χ4v) is 3.25. The van der Waals surface area contributed by atoms with E-state index >= 15 is 0 Å². The topological polar surface area (TPSA) is 29.5 Å². The van der Waals surface area contributed by atoms with Crippen LogP contribution < -0.4 is 4.74 Å². The molecular weight excluding hydrogens is 417 g/mol. The highest BCUT2D eigenvalue weighted by Gasteiger charge is 2.54. The highest BCUT2D eigenvalue weighted by atomic mass is 19.4. The first-order valence-electron chi connectivity index (χ1n) is 8.97. The zero-order valence-corrected chi connectivity index (χ0v) is 16.5. The van der Waals surface area contributed by atoms with E-state index in [1.807, 2.05) is 0 Å². The Labute approximate surface area is 169 Å². The van der Waals surface area contributed by atoms with E-state index in [2.05, 4.69) is 0 Å². The Hall–Kier alpha value is -2.29. The second-order valence-electron chi connectivity index (χ2n) is 7.80. The normalized spacial score (nSPS) is 14.5. The van der Waals surface area contributed by atoms with Crippen LogP contribution in [0.1, 0.15) is 37.8 Å². The Bertz CT molecular complexity index is 909. The molecule has 0 spiro atoms. The molecule has 2 aromatic carbocycles. The molecule has 1 atom stereocenters. The summed E-state index contributed by atoms with van der Waals surface area (Å²) in [5, 5.41) is 10.4. The zero-order valence-electron chi connectivity index (χ0n) is 16.5. The molecule has 2 nitrogen and oxygen atoms in total. The summed E-state index contributed by atoms with van der Waals surface area (Å²) in [6.45, 7) is 3.06. The number of rotatable bonds is 7. The maximum Gasteiger partial charge on any atom is 0.417 e. The molecular formula is C21H21F7O2. The average Bonchev–Trinajstić information content (AvgIpc) is 2.63. The number of benzene rings is 2. The van der Waals surface area contributed by atoms with Gasteiger partial charge < -0.3 is 9.84 Å². The van der Waals surface area contributed by atoms with Crippen molar-refractivity contribution in [1.29, 1.82) is 0 Å². The number of aliphatic hydroxyl groups is 1. The van der Waals surface area contributed by atoms with Crippen LogP contribution in [0.15, 0.2) is 30.3 Å². The van der Waals surface area contributed by atoms with Gasteiger partial charge in [-0.25, -0.2) is 17.6 Å². The molecule has 9 heteroatoms. The highest BCUT2D eigenvalue weighted by Crippen LogP contribution is 2.42. The minimum atomic E-state index is -5.22. The Balaban J connectivity index is 2.37. The molecule has 166 valence electrons. The lowest BCUT2D eigenvalue weighted by Gasteiger charge is -2.35. The first-order valence-corrected chi connectivity index (χ1v) is 8.97. The Kier molecular flexibility index (Phi) is 6.76. The predicted octanol–water partition coefficient (Wildman–Crippen LogP) is 5.85. The van der Waals surface area contributed by atoms with Crippen molar-refractivity contribution in [2.45, 2.75) is 50.3 Å². The van der Waals surface area contributed by atoms with Gasteiger partial charge in [-0.2, -0.15) is 13.2 Å². The lowest BCUT2D eigenvalue weighted by Crippen LogP contribution is -2.48. The van der Waals surface area contributed by atoms with Crippen LogP contribution in [0.25, 0.3) is 0 Å². The quantitative estimate of drug-likeness (QED) is 0.434. The van der Waals surface area contributed by atoms with Gasteiger partial charge in [0.25, 0.3) is 0 Å². The molecule has 0 bridgehead atoms. The highest BCUT2D eigenvalue weighted by molar-refractivity contribution is 5.39. The van der Waals surface area contributed by atoms with Crippen LogP contribution in [0.4, 0.5) is 30.7 Å². The van der Waals surface area contributed by atoms with Crippen LogP contribution in [0, 0.1) is 23.3 Å². The molecule has 30 heavy (non-hydrogen) atoms. The van der Waals surface area contributed by atoms with E-state index in [4.69, 9.17) is 4.74 Å². The maximum atomic E-state index is 13.9. The number of halogens is 7. The Morgan fingerprint density at radius 1 is 0.900 bits per heavy atom. The van der Waals surface area contributed by atoms with Gasteiger partial charge in [-0.1, -0.05) is 13.8 Å². The molecule has 0 amide bonds. The summed E-state index contributed by atoms with van der Waals surface area (Å²) >= 11 is 0. The van der Waals surface area contributed by atoms with Crippen molar-refractivity contribution < 1.29 is 40.6 Å². The minimum Gasteiger partial charge on any atom is -0.496 e. The fraction of sp³-hybridized carbons (Fsp3) is 0.429. The average molecular weight is 438 g/mol. The van der Waals surface area contributed by atoms with Gasteiger partial charge in [-0.3, -0.25) is 0 Å². The van der Waals surface area contributed by atoms with Gasteiger partial charge in [-0.05, 0) is 48.1 Å². The Morgan fingerprint density at radius 3 is 2.10 bits per heavy atom. The summed E-state index contributed by atoms with van der Waals surface area (Å²) in [6.07, 6.45) is -7.85. The third kappa shape index (κ3) is 5.06. The van der Waals surface area contributed by atoms with Crippen LogP contribution in [0.3, 0.4) is 0 Å². The first-order chi connectivity index (χ1) is 13.7. The molecule has 0 saturated heterocycles. The molecule has 1 unspecified atom stereocenters. The summed E-state index contributed by atoms with van der Waals surface area (Å²) in [5.74, 6) is -4.96. The van der Waals surface area contributed by atoms with E-state index in [1.165, 1.54) is 27.0 Å². The molecule has 0 heterocycles. The van der Waals surface area contributed by atoms with E-state index in [1.54, 1.807) is 0 Å². The van der Waals surface area contributed by atoms with Crippen molar-refractivity contribution in [3.05, 3.63) is 64.7 Å². The minimum absolute atomic E-state index is 0.199. The summed E-state index contributed by atoms with van der Waals surface area (Å²) in [6, 6.07) is 4.19. The molecule has 0 aliphatic heterocycles. The predicted molar refractivity (Wildman–Crippen MR) is 96.2 cm³/mol. The molecule has 2 rings (SSSR count). The van der Waals surface area contributed by atoms with Crippen LogP contribution in [0.2, 0.25) is 0 Å². The van der Waals surface area contributed by atoms with E-state index in [0.717, 1.165) is 12.1 Å². The second kappa shape index (κ2) is 8.45. The fourth-order valence-electron chi connectivity index (χ4n) is 3.25. The van der Waals surface area contributed by atoms with Gasteiger partial charge in [-0.15, -0.1) is 0 Å². The zero-order chi connectivity index (χ0) is 22.9. The van der Waals surface area contributed by atoms with Crippen molar-refractivity contribution in [1.82, 2.24) is 0 Å². The maximum absolute atomic E-state index is 13.9. The molecule has 0 radical (unpaired) electrons. The summed E-state index contributed by atoms with van der Waals surface area (Å²) in [5.41, 5.74) is -5.21. The van der Waals surface area contributed by atoms with Gasteiger partial charge in [0.15, 0.2) is 17.2 Å². The third-order valence-electron chi connectivity index (χ3n) is 5.13. The lowest BCUT2D eigenvalue weighted by atomic mass is 9.76. The molecule has 2 aromatic rings. The standard InChI is InChI=1S/C21H21F7O2/c1-19(2,15-9-13(22)4-5-17(15)30-3)6-7-20(29,21(26,27)28)11-12-8-14(23)10-16(24)18(12)25/h4-5,8-10,29H,6-7,11H2,1-3H3. The van der Waals surface area contributed by atoms with Gasteiger partial charge in [0.05, 0.1) is 7.11 Å². The smallest absolute Gasteiger partial charge is 0.417 e. The van der Waals surface area contributed by atoms with Crippen molar-refractivity contribution in [2.24, 2.45) is 0 Å². The van der Waals surface area contributed by atoms with Crippen LogP contribution in [0.5, 0.6) is 5.75 Å². The molecule has 0 aromatic heterocycles. The van der Waals surface area contributed by atoms with E-state index in [9.17, 15) is 35.8 Å². The van der Waals surface area contributed by atoms with Crippen LogP contribution >= 0.6 is 0 Å². The van der Waals surface area contributed by atoms with Gasteiger partial charge in [0.2, 0.25) is 0 Å². The number of ether oxygens (including phenoxy) is 1. The van der Waals surface area contributed by atoms with Gasteiger partial charge in [0, 0.05) is 18.1 Å². The monoisotopic (exact) mass is 438 g/mol. The van der Waals surface area contributed by atoms with Crippen molar-refractivity contribution in [2.75, 3.05) is 7.11 Å². The number of hydrogen-bond acceptors (Lipinski definition) is 2. The summed E-state index contributed by atoms with van der Waals surface area (Å²) in [7, 11) is 1.32. The van der Waals surface area contributed by atoms with Crippen LogP contribution in [-0.4, -0.2) is 24.0 Å². The largest absolute Gasteiger partial charge is 0.496 e. The van der Waals surface area contributed by atoms with Crippen LogP contribution in [-0.2, 0) is 11.8 Å². The van der Waals surface area contributed by atoms with Gasteiger partial charge >= 0.3 is 6.18 Å². The first kappa shape index (κ1) is 24.0. The number of alkyl halides is 3. The third-order valence-corrected chi connectivity index (χ3v) is 5.13. The molecule has 0 aliphatic carbocycles. The summed E-state index contributed by atoms with van der Waals surface area (Å²) < 4.78 is 101. The summed E-state index contributed by atoms with van der Waals surface area (Å²) in [4.78, 5) is 0. The van der Waals surface area contributed by atoms with Crippen molar-refractivity contribution in [3.63, 3.8) is 0 Å². The SMILES string of the molecule is COc1ccc(F)cc1C(C)(C)CCC(O)(Cc1cc(F)cc(F)c1F)C(F)(F)F. The molecule has 1 N–H and O–H groups in total. The molecule has 0 saturated carbocycles. The van der Waals surface area contributed by atoms with E-state index < -0.39 is 58.9 Å². The van der Waals surface area contributed by atoms with Gasteiger partial charge in [0.1, 0.15) is 17.4 Å². The van der Waals surface area contributed by atoms with E-state index in [0.29, 0.717) is 6.07 Å². The van der Waals surface area contributed by atoms with Crippen molar-refractivity contribution >= 4 is 0 Å². The number of hydrogen-bond donors (Lipinski definition) is 1. The molecule has 0 fully saturated rings. The second-order valence-corrected chi connectivity index (χ2v) is 7.80. The number of methoxy groups -OCH3 is 1. The Morgan fingerprint density at radius 2 is 1.53 bits per heavy atom.